The maximum Gasteiger partial charge on any atom is 0.306 e. The highest BCUT2D eigenvalue weighted by molar-refractivity contribution is 5.70. The van der Waals surface area contributed by atoms with Gasteiger partial charge in [-0.25, -0.2) is 0 Å². The zero-order valence-corrected chi connectivity index (χ0v) is 40.8. The summed E-state index contributed by atoms with van der Waals surface area (Å²) >= 11 is 0. The molecule has 0 aromatic heterocycles. The van der Waals surface area contributed by atoms with Crippen LogP contribution < -0.4 is 5.11 Å². The van der Waals surface area contributed by atoms with Crippen molar-refractivity contribution in [2.75, 3.05) is 41.0 Å². The van der Waals surface area contributed by atoms with Crippen LogP contribution in [0.1, 0.15) is 245 Å². The lowest BCUT2D eigenvalue weighted by Gasteiger charge is -2.34. The van der Waals surface area contributed by atoms with Crippen LogP contribution in [-0.4, -0.2) is 75.5 Å². The smallest absolute Gasteiger partial charge is 0.306 e. The number of nitrogens with zero attached hydrogens (tertiary/aromatic N) is 1. The molecule has 0 N–H and O–H groups in total. The van der Waals surface area contributed by atoms with Gasteiger partial charge in [-0.15, -0.1) is 0 Å². The third-order valence-electron chi connectivity index (χ3n) is 11.8. The molecule has 0 fully saturated rings. The fourth-order valence-corrected chi connectivity index (χ4v) is 7.77. The summed E-state index contributed by atoms with van der Waals surface area (Å²) in [4.78, 5) is 37.0. The number of esters is 2. The molecular weight excluding hydrogens is 763 g/mol. The van der Waals surface area contributed by atoms with Crippen LogP contribution >= 0.6 is 0 Å². The normalized spacial score (nSPS) is 13.0. The molecule has 0 bridgehead atoms. The first-order valence-corrected chi connectivity index (χ1v) is 25.9. The highest BCUT2D eigenvalue weighted by atomic mass is 16.6. The molecule has 8 heteroatoms. The van der Waals surface area contributed by atoms with Crippen molar-refractivity contribution in [3.63, 3.8) is 0 Å². The minimum Gasteiger partial charge on any atom is -0.544 e. The molecule has 0 aromatic rings. The van der Waals surface area contributed by atoms with E-state index in [-0.39, 0.29) is 42.7 Å². The van der Waals surface area contributed by atoms with Crippen LogP contribution in [0.25, 0.3) is 0 Å². The molecule has 0 aliphatic heterocycles. The molecule has 2 atom stereocenters. The number of likely N-dealkylation sites (N-methyl/N-ethyl adjacent to an activating group) is 1. The van der Waals surface area contributed by atoms with Crippen molar-refractivity contribution in [3.05, 3.63) is 24.3 Å². The van der Waals surface area contributed by atoms with E-state index in [0.717, 1.165) is 51.4 Å². The standard InChI is InChI=1S/C53H99NO7/c1-6-8-10-12-14-16-18-20-22-24-26-28-29-31-33-35-37-39-41-43-51(55)60-48-49(47-59-46-45-50(53(57)58)54(3,4)5)61-52(56)44-42-40-38-36-34-32-30-27-25-23-21-19-17-15-13-11-9-7-2/h24,26-27,30,49-50H,6-23,25,28-29,31-48H2,1-5H3/b26-24+,30-27+. The molecule has 0 aliphatic carbocycles. The quantitative estimate of drug-likeness (QED) is 0.0260. The first-order chi connectivity index (χ1) is 29.6. The lowest BCUT2D eigenvalue weighted by Crippen LogP contribution is -2.55. The van der Waals surface area contributed by atoms with E-state index in [1.54, 1.807) is 21.1 Å². The Morgan fingerprint density at radius 2 is 0.820 bits per heavy atom. The summed E-state index contributed by atoms with van der Waals surface area (Å²) in [6.45, 7) is 4.68. The maximum atomic E-state index is 12.8. The molecule has 0 amide bonds. The number of hydrogen-bond donors (Lipinski definition) is 0. The third kappa shape index (κ3) is 42.9. The monoisotopic (exact) mass is 862 g/mol. The molecule has 0 heterocycles. The number of ether oxygens (including phenoxy) is 3. The van der Waals surface area contributed by atoms with Crippen LogP contribution in [0.3, 0.4) is 0 Å². The molecule has 0 aromatic carbocycles. The number of aliphatic carboxylic acids is 1. The minimum absolute atomic E-state index is 0.0393. The third-order valence-corrected chi connectivity index (χ3v) is 11.8. The van der Waals surface area contributed by atoms with Crippen molar-refractivity contribution in [2.45, 2.75) is 257 Å². The lowest BCUT2D eigenvalue weighted by atomic mass is 10.1. The molecule has 0 rings (SSSR count). The molecular formula is C53H99NO7. The summed E-state index contributed by atoms with van der Waals surface area (Å²) in [6, 6.07) is -0.726. The number of unbranched alkanes of at least 4 members (excludes halogenated alkanes) is 29. The molecule has 61 heavy (non-hydrogen) atoms. The number of allylic oxidation sites excluding steroid dienone is 4. The van der Waals surface area contributed by atoms with Gasteiger partial charge in [-0.1, -0.05) is 186 Å². The van der Waals surface area contributed by atoms with E-state index in [1.807, 2.05) is 0 Å². The van der Waals surface area contributed by atoms with E-state index in [1.165, 1.54) is 161 Å². The van der Waals surface area contributed by atoms with E-state index in [9.17, 15) is 19.5 Å². The number of carboxylic acids is 1. The van der Waals surface area contributed by atoms with Gasteiger partial charge in [-0.3, -0.25) is 9.59 Å². The highest BCUT2D eigenvalue weighted by Crippen LogP contribution is 2.15. The molecule has 0 saturated carbocycles. The van der Waals surface area contributed by atoms with Crippen molar-refractivity contribution in [3.8, 4) is 0 Å². The summed E-state index contributed by atoms with van der Waals surface area (Å²) in [6.07, 6.45) is 50.6. The van der Waals surface area contributed by atoms with Crippen LogP contribution in [0.15, 0.2) is 24.3 Å². The molecule has 358 valence electrons. The van der Waals surface area contributed by atoms with Crippen LogP contribution in [0.5, 0.6) is 0 Å². The summed E-state index contributed by atoms with van der Waals surface area (Å²) in [5.74, 6) is -1.74. The minimum atomic E-state index is -1.12. The van der Waals surface area contributed by atoms with Crippen molar-refractivity contribution >= 4 is 17.9 Å². The summed E-state index contributed by atoms with van der Waals surface area (Å²) < 4.78 is 17.2. The van der Waals surface area contributed by atoms with Gasteiger partial charge in [-0.05, 0) is 64.2 Å². The van der Waals surface area contributed by atoms with Crippen molar-refractivity contribution in [1.29, 1.82) is 0 Å². The van der Waals surface area contributed by atoms with Crippen LogP contribution in [0.4, 0.5) is 0 Å². The Hall–Kier alpha value is -2.19. The summed E-state index contributed by atoms with van der Waals surface area (Å²) in [5.41, 5.74) is 0. The van der Waals surface area contributed by atoms with Gasteiger partial charge in [0.25, 0.3) is 0 Å². The van der Waals surface area contributed by atoms with Crippen molar-refractivity contribution in [1.82, 2.24) is 0 Å². The van der Waals surface area contributed by atoms with E-state index in [2.05, 4.69) is 38.2 Å². The first kappa shape index (κ1) is 58.8. The van der Waals surface area contributed by atoms with Crippen LogP contribution in [-0.2, 0) is 28.6 Å². The Kier molecular flexibility index (Phi) is 42.8. The SMILES string of the molecule is CCCCCCCCCC/C=C/CCCCCCCCCC(=O)OCC(COCCC(C(=O)[O-])[N+](C)(C)C)OC(=O)CCCCCCC/C=C/CCCCCCCCCCC. The van der Waals surface area contributed by atoms with Gasteiger partial charge in [0.15, 0.2) is 6.10 Å². The Balaban J connectivity index is 4.25. The van der Waals surface area contributed by atoms with E-state index in [0.29, 0.717) is 12.8 Å². The lowest BCUT2D eigenvalue weighted by molar-refractivity contribution is -0.889. The number of rotatable bonds is 47. The second kappa shape index (κ2) is 44.4. The van der Waals surface area contributed by atoms with E-state index >= 15 is 0 Å². The highest BCUT2D eigenvalue weighted by Gasteiger charge is 2.25. The first-order valence-electron chi connectivity index (χ1n) is 25.9. The molecule has 0 radical (unpaired) electrons. The second-order valence-corrected chi connectivity index (χ2v) is 18.8. The van der Waals surface area contributed by atoms with E-state index < -0.39 is 18.1 Å². The summed E-state index contributed by atoms with van der Waals surface area (Å²) in [5, 5.41) is 11.7. The Morgan fingerprint density at radius 1 is 0.475 bits per heavy atom. The molecule has 8 nitrogen and oxygen atoms in total. The summed E-state index contributed by atoms with van der Waals surface area (Å²) in [7, 11) is 5.42. The van der Waals surface area contributed by atoms with Gasteiger partial charge >= 0.3 is 11.9 Å². The van der Waals surface area contributed by atoms with Crippen molar-refractivity contribution < 1.29 is 38.2 Å². The van der Waals surface area contributed by atoms with Crippen LogP contribution in [0, 0.1) is 0 Å². The average Bonchev–Trinajstić information content (AvgIpc) is 3.22. The molecule has 0 aliphatic rings. The molecule has 0 saturated heterocycles. The fraction of sp³-hybridized carbons (Fsp3) is 0.868. The second-order valence-electron chi connectivity index (χ2n) is 18.8. The predicted molar refractivity (Wildman–Crippen MR) is 254 cm³/mol. The topological polar surface area (TPSA) is 102 Å². The average molecular weight is 862 g/mol. The van der Waals surface area contributed by atoms with Gasteiger partial charge < -0.3 is 28.6 Å². The predicted octanol–water partition coefficient (Wildman–Crippen LogP) is 13.5. The fourth-order valence-electron chi connectivity index (χ4n) is 7.77. The zero-order valence-electron chi connectivity index (χ0n) is 40.8. The van der Waals surface area contributed by atoms with Gasteiger partial charge in [0.1, 0.15) is 12.6 Å². The van der Waals surface area contributed by atoms with Gasteiger partial charge in [0.05, 0.1) is 40.3 Å². The zero-order chi connectivity index (χ0) is 44.9. The Morgan fingerprint density at radius 3 is 1.18 bits per heavy atom. The number of hydrogen-bond acceptors (Lipinski definition) is 7. The maximum absolute atomic E-state index is 12.8. The Labute approximate surface area is 377 Å². The van der Waals surface area contributed by atoms with Gasteiger partial charge in [-0.2, -0.15) is 0 Å². The van der Waals surface area contributed by atoms with Gasteiger partial charge in [0.2, 0.25) is 0 Å². The number of carboxylic acid groups (broad SMARTS) is 1. The largest absolute Gasteiger partial charge is 0.544 e. The van der Waals surface area contributed by atoms with Crippen LogP contribution in [0.2, 0.25) is 0 Å². The molecule has 2 unspecified atom stereocenters. The number of quaternary nitrogens is 1. The van der Waals surface area contributed by atoms with E-state index in [4.69, 9.17) is 14.2 Å². The number of carbonyl (C=O) groups excluding carboxylic acids is 3. The Bertz CT molecular complexity index is 1050. The van der Waals surface area contributed by atoms with Crippen molar-refractivity contribution in [2.24, 2.45) is 0 Å². The number of carbonyl (C=O) groups is 3. The van der Waals surface area contributed by atoms with Gasteiger partial charge in [0, 0.05) is 19.3 Å². The molecule has 0 spiro atoms.